The fraction of sp³-hybridized carbons (Fsp3) is 0.256. The Balaban J connectivity index is 0.000000170. The van der Waals surface area contributed by atoms with Crippen molar-refractivity contribution < 1.29 is 14.3 Å². The Labute approximate surface area is 286 Å². The van der Waals surface area contributed by atoms with Crippen LogP contribution in [0.15, 0.2) is 103 Å². The van der Waals surface area contributed by atoms with Crippen molar-refractivity contribution in [3.63, 3.8) is 0 Å². The summed E-state index contributed by atoms with van der Waals surface area (Å²) in [6, 6.07) is 32.4. The van der Waals surface area contributed by atoms with E-state index in [4.69, 9.17) is 16.3 Å². The van der Waals surface area contributed by atoms with Gasteiger partial charge in [0, 0.05) is 40.4 Å². The fourth-order valence-corrected chi connectivity index (χ4v) is 6.33. The van der Waals surface area contributed by atoms with Crippen LogP contribution < -0.4 is 26.0 Å². The van der Waals surface area contributed by atoms with Crippen LogP contribution in [-0.2, 0) is 0 Å². The molecule has 1 aromatic heterocycles. The maximum Gasteiger partial charge on any atom is 0.274 e. The van der Waals surface area contributed by atoms with Gasteiger partial charge < -0.3 is 26.0 Å². The lowest BCUT2D eigenvalue weighted by Crippen LogP contribution is -2.28. The zero-order valence-corrected chi connectivity index (χ0v) is 27.7. The van der Waals surface area contributed by atoms with E-state index in [2.05, 4.69) is 50.5 Å². The molecule has 7 rings (SSSR count). The van der Waals surface area contributed by atoms with Crippen molar-refractivity contribution in [3.05, 3.63) is 131 Å². The standard InChI is InChI=1S/C21H21N3O2.C18H19ClN2O/c1-26-18-7-9-19-15(12-18)4-8-20(24-19)21(25)23-17-5-2-14(3-6-17)16-10-11-22-13-16;19-16-5-1-3-14(11-16)18(22)21-17-8-6-13(7-9-17)15-4-2-10-20-12-15/h2-9,12,16,22H,10-11,13H2,1H3,(H,23,25);1,3,5-9,11,15,20H,2,4,10,12H2,(H,21,22). The SMILES string of the molecule is COc1ccc2nc(C(=O)Nc3ccc(C4CCNC4)cc3)ccc2c1.O=C(Nc1ccc(C2CCCNC2)cc1)c1cccc(Cl)c1. The quantitative estimate of drug-likeness (QED) is 0.143. The Morgan fingerprint density at radius 3 is 2.04 bits per heavy atom. The first-order valence-electron chi connectivity index (χ1n) is 16.4. The van der Waals surface area contributed by atoms with Gasteiger partial charge in [0.25, 0.3) is 11.8 Å². The lowest BCUT2D eigenvalue weighted by atomic mass is 9.91. The third-order valence-electron chi connectivity index (χ3n) is 8.85. The average molecular weight is 662 g/mol. The molecule has 2 saturated heterocycles. The first-order chi connectivity index (χ1) is 23.4. The molecule has 0 spiro atoms. The summed E-state index contributed by atoms with van der Waals surface area (Å²) in [4.78, 5) is 29.1. The molecule has 2 atom stereocenters. The van der Waals surface area contributed by atoms with Gasteiger partial charge in [-0.2, -0.15) is 0 Å². The molecule has 2 unspecified atom stereocenters. The zero-order chi connectivity index (χ0) is 33.3. The van der Waals surface area contributed by atoms with Crippen molar-refractivity contribution in [2.75, 3.05) is 43.9 Å². The number of carbonyl (C=O) groups excluding carboxylic acids is 2. The topological polar surface area (TPSA) is 104 Å². The number of piperidine rings is 1. The Morgan fingerprint density at radius 2 is 1.42 bits per heavy atom. The van der Waals surface area contributed by atoms with Gasteiger partial charge in [-0.1, -0.05) is 48.0 Å². The zero-order valence-electron chi connectivity index (χ0n) is 27.0. The van der Waals surface area contributed by atoms with Gasteiger partial charge in [-0.15, -0.1) is 0 Å². The monoisotopic (exact) mass is 661 g/mol. The van der Waals surface area contributed by atoms with Gasteiger partial charge >= 0.3 is 0 Å². The number of ether oxygens (including phenoxy) is 1. The van der Waals surface area contributed by atoms with Crippen molar-refractivity contribution in [2.45, 2.75) is 31.1 Å². The Hall–Kier alpha value is -4.76. The summed E-state index contributed by atoms with van der Waals surface area (Å²) in [5.74, 6) is 1.56. The molecule has 3 heterocycles. The predicted molar refractivity (Wildman–Crippen MR) is 194 cm³/mol. The molecule has 246 valence electrons. The van der Waals surface area contributed by atoms with Crippen LogP contribution in [-0.4, -0.2) is 50.1 Å². The van der Waals surface area contributed by atoms with Crippen LogP contribution in [0.1, 0.15) is 63.1 Å². The van der Waals surface area contributed by atoms with Crippen molar-refractivity contribution in [2.24, 2.45) is 0 Å². The first-order valence-corrected chi connectivity index (χ1v) is 16.8. The molecule has 0 radical (unpaired) electrons. The number of rotatable bonds is 7. The lowest BCUT2D eigenvalue weighted by Gasteiger charge is -2.23. The fourth-order valence-electron chi connectivity index (χ4n) is 6.14. The highest BCUT2D eigenvalue weighted by Crippen LogP contribution is 2.26. The van der Waals surface area contributed by atoms with E-state index < -0.39 is 0 Å². The predicted octanol–water partition coefficient (Wildman–Crippen LogP) is 7.63. The minimum Gasteiger partial charge on any atom is -0.497 e. The summed E-state index contributed by atoms with van der Waals surface area (Å²) >= 11 is 5.91. The number of nitrogens with one attached hydrogen (secondary N) is 4. The number of halogens is 1. The van der Waals surface area contributed by atoms with E-state index in [0.717, 1.165) is 60.6 Å². The Kier molecular flexibility index (Phi) is 11.0. The second kappa shape index (κ2) is 15.9. The number of amides is 2. The molecule has 4 N–H and O–H groups in total. The number of carbonyl (C=O) groups is 2. The van der Waals surface area contributed by atoms with Gasteiger partial charge in [0.05, 0.1) is 12.6 Å². The van der Waals surface area contributed by atoms with E-state index in [-0.39, 0.29) is 11.8 Å². The second-order valence-corrected chi connectivity index (χ2v) is 12.6. The minimum atomic E-state index is -0.210. The van der Waals surface area contributed by atoms with Crippen LogP contribution in [0.2, 0.25) is 5.02 Å². The molecule has 0 saturated carbocycles. The number of nitrogens with zero attached hydrogens (tertiary/aromatic N) is 1. The van der Waals surface area contributed by atoms with Crippen molar-refractivity contribution in [1.82, 2.24) is 15.6 Å². The number of benzene rings is 4. The summed E-state index contributed by atoms with van der Waals surface area (Å²) in [5, 5.41) is 14.1. The number of pyridine rings is 1. The van der Waals surface area contributed by atoms with E-state index in [1.807, 2.05) is 48.5 Å². The number of methoxy groups -OCH3 is 1. The molecule has 2 amide bonds. The molecule has 0 aliphatic carbocycles. The summed E-state index contributed by atoms with van der Waals surface area (Å²) < 4.78 is 5.21. The van der Waals surface area contributed by atoms with Crippen molar-refractivity contribution in [3.8, 4) is 5.75 Å². The minimum absolute atomic E-state index is 0.144. The highest BCUT2D eigenvalue weighted by Gasteiger charge is 2.17. The Morgan fingerprint density at radius 1 is 0.750 bits per heavy atom. The van der Waals surface area contributed by atoms with Crippen molar-refractivity contribution in [1.29, 1.82) is 0 Å². The van der Waals surface area contributed by atoms with Gasteiger partial charge in [-0.05, 0) is 122 Å². The molecule has 48 heavy (non-hydrogen) atoms. The highest BCUT2D eigenvalue weighted by molar-refractivity contribution is 6.31. The number of aromatic nitrogens is 1. The van der Waals surface area contributed by atoms with Crippen LogP contribution in [0.5, 0.6) is 5.75 Å². The van der Waals surface area contributed by atoms with Crippen LogP contribution in [0.3, 0.4) is 0 Å². The first kappa shape index (κ1) is 33.2. The normalized spacial score (nSPS) is 17.2. The van der Waals surface area contributed by atoms with Gasteiger partial charge in [0.2, 0.25) is 0 Å². The molecule has 2 aliphatic rings. The molecule has 9 heteroatoms. The number of hydrogen-bond donors (Lipinski definition) is 4. The van der Waals surface area contributed by atoms with E-state index in [1.54, 1.807) is 37.4 Å². The summed E-state index contributed by atoms with van der Waals surface area (Å²) in [6.45, 7) is 4.25. The van der Waals surface area contributed by atoms with E-state index in [9.17, 15) is 9.59 Å². The van der Waals surface area contributed by atoms with Crippen LogP contribution in [0.25, 0.3) is 10.9 Å². The van der Waals surface area contributed by atoms with Gasteiger partial charge in [-0.25, -0.2) is 4.98 Å². The van der Waals surface area contributed by atoms with E-state index >= 15 is 0 Å². The maximum atomic E-state index is 12.5. The molecule has 2 fully saturated rings. The van der Waals surface area contributed by atoms with Gasteiger partial charge in [0.15, 0.2) is 0 Å². The van der Waals surface area contributed by atoms with Gasteiger partial charge in [-0.3, -0.25) is 9.59 Å². The number of hydrogen-bond acceptors (Lipinski definition) is 6. The lowest BCUT2D eigenvalue weighted by molar-refractivity contribution is 0.101. The van der Waals surface area contributed by atoms with Crippen LogP contribution in [0, 0.1) is 0 Å². The average Bonchev–Trinajstić information content (AvgIpc) is 3.68. The number of anilines is 2. The molecule has 4 aromatic carbocycles. The number of fused-ring (bicyclic) bond motifs is 1. The third kappa shape index (κ3) is 8.58. The third-order valence-corrected chi connectivity index (χ3v) is 9.09. The maximum absolute atomic E-state index is 12.5. The summed E-state index contributed by atoms with van der Waals surface area (Å²) in [7, 11) is 1.63. The molecular formula is C39H40ClN5O3. The second-order valence-electron chi connectivity index (χ2n) is 12.2. The van der Waals surface area contributed by atoms with Crippen molar-refractivity contribution >= 4 is 45.7 Å². The van der Waals surface area contributed by atoms with Crippen LogP contribution >= 0.6 is 11.6 Å². The smallest absolute Gasteiger partial charge is 0.274 e. The molecular weight excluding hydrogens is 622 g/mol. The molecule has 5 aromatic rings. The summed E-state index contributed by atoms with van der Waals surface area (Å²) in [5.41, 5.74) is 5.94. The van der Waals surface area contributed by atoms with E-state index in [0.29, 0.717) is 28.1 Å². The Bertz CT molecular complexity index is 1850. The van der Waals surface area contributed by atoms with Gasteiger partial charge in [0.1, 0.15) is 11.4 Å². The largest absolute Gasteiger partial charge is 0.497 e. The van der Waals surface area contributed by atoms with Crippen LogP contribution in [0.4, 0.5) is 11.4 Å². The van der Waals surface area contributed by atoms with E-state index in [1.165, 1.54) is 24.0 Å². The highest BCUT2D eigenvalue weighted by atomic mass is 35.5. The summed E-state index contributed by atoms with van der Waals surface area (Å²) in [6.07, 6.45) is 3.61. The molecule has 2 aliphatic heterocycles. The molecule has 0 bridgehead atoms. The molecule has 8 nitrogen and oxygen atoms in total.